The molecule has 0 heterocycles. The largest absolute Gasteiger partial charge is 0.240 e. The second kappa shape index (κ2) is 5.53. The predicted octanol–water partition coefficient (Wildman–Crippen LogP) is 3.01. The van der Waals surface area contributed by atoms with Crippen LogP contribution in [0.25, 0.3) is 0 Å². The van der Waals surface area contributed by atoms with Crippen LogP contribution in [0.2, 0.25) is 0 Å². The number of benzene rings is 1. The van der Waals surface area contributed by atoms with Crippen LogP contribution in [-0.2, 0) is 10.0 Å². The zero-order valence-corrected chi connectivity index (χ0v) is 13.4. The fraction of sp³-hybridized carbons (Fsp3) is 0.500. The Bertz CT molecular complexity index is 504. The molecule has 1 aromatic rings. The first-order valence-corrected chi connectivity index (χ1v) is 9.28. The zero-order valence-electron chi connectivity index (χ0n) is 10.1. The van der Waals surface area contributed by atoms with Crippen LogP contribution in [0, 0.1) is 0 Å². The van der Waals surface area contributed by atoms with Crippen molar-refractivity contribution >= 4 is 37.7 Å². The summed E-state index contributed by atoms with van der Waals surface area (Å²) in [5, 5.41) is 0. The molecule has 1 saturated carbocycles. The monoisotopic (exact) mass is 349 g/mol. The fourth-order valence-electron chi connectivity index (χ4n) is 1.95. The van der Waals surface area contributed by atoms with Gasteiger partial charge < -0.3 is 0 Å². The van der Waals surface area contributed by atoms with Gasteiger partial charge in [-0.05, 0) is 43.4 Å². The summed E-state index contributed by atoms with van der Waals surface area (Å²) in [5.41, 5.74) is 0. The number of hydrogen-bond donors (Lipinski definition) is 1. The van der Waals surface area contributed by atoms with Gasteiger partial charge in [0, 0.05) is 15.8 Å². The average molecular weight is 350 g/mol. The quantitative estimate of drug-likeness (QED) is 0.888. The van der Waals surface area contributed by atoms with E-state index in [0.29, 0.717) is 11.4 Å². The summed E-state index contributed by atoms with van der Waals surface area (Å²) in [6.07, 6.45) is 5.43. The van der Waals surface area contributed by atoms with E-state index in [2.05, 4.69) is 20.7 Å². The SMILES string of the molecule is CSC1(CNS(=O)(=O)c2ccc(Br)cc2)CCC1. The molecule has 0 unspecified atom stereocenters. The molecule has 1 aromatic carbocycles. The van der Waals surface area contributed by atoms with Gasteiger partial charge in [-0.25, -0.2) is 13.1 Å². The summed E-state index contributed by atoms with van der Waals surface area (Å²) in [4.78, 5) is 0.321. The Morgan fingerprint density at radius 3 is 2.39 bits per heavy atom. The fourth-order valence-corrected chi connectivity index (χ4v) is 4.34. The van der Waals surface area contributed by atoms with Crippen LogP contribution in [0.5, 0.6) is 0 Å². The Kier molecular flexibility index (Phi) is 4.41. The maximum atomic E-state index is 12.1. The number of thioether (sulfide) groups is 1. The van der Waals surface area contributed by atoms with Gasteiger partial charge in [0.05, 0.1) is 4.90 Å². The van der Waals surface area contributed by atoms with Crippen molar-refractivity contribution in [2.75, 3.05) is 12.8 Å². The van der Waals surface area contributed by atoms with E-state index in [1.54, 1.807) is 36.0 Å². The number of nitrogens with one attached hydrogen (secondary N) is 1. The minimum atomic E-state index is -3.38. The highest BCUT2D eigenvalue weighted by atomic mass is 79.9. The molecule has 1 N–H and O–H groups in total. The second-order valence-electron chi connectivity index (χ2n) is 4.52. The van der Waals surface area contributed by atoms with Gasteiger partial charge in [-0.3, -0.25) is 0 Å². The van der Waals surface area contributed by atoms with E-state index in [1.807, 2.05) is 6.26 Å². The molecule has 0 atom stereocenters. The second-order valence-corrected chi connectivity index (χ2v) is 8.48. The van der Waals surface area contributed by atoms with Crippen LogP contribution in [0.4, 0.5) is 0 Å². The van der Waals surface area contributed by atoms with Crippen LogP contribution < -0.4 is 4.72 Å². The third-order valence-electron chi connectivity index (χ3n) is 3.41. The minimum Gasteiger partial charge on any atom is -0.210 e. The van der Waals surface area contributed by atoms with Crippen molar-refractivity contribution in [3.05, 3.63) is 28.7 Å². The topological polar surface area (TPSA) is 46.2 Å². The molecule has 1 aliphatic rings. The Labute approximate surface area is 121 Å². The molecule has 1 fully saturated rings. The normalized spacial score (nSPS) is 18.3. The molecule has 0 radical (unpaired) electrons. The zero-order chi connectivity index (χ0) is 13.2. The Morgan fingerprint density at radius 1 is 1.33 bits per heavy atom. The minimum absolute atomic E-state index is 0.114. The molecular weight excluding hydrogens is 334 g/mol. The lowest BCUT2D eigenvalue weighted by atomic mass is 9.84. The number of halogens is 1. The number of rotatable bonds is 5. The van der Waals surface area contributed by atoms with Gasteiger partial charge >= 0.3 is 0 Å². The van der Waals surface area contributed by atoms with Crippen LogP contribution >= 0.6 is 27.7 Å². The molecule has 100 valence electrons. The highest BCUT2D eigenvalue weighted by Gasteiger charge is 2.37. The molecule has 3 nitrogen and oxygen atoms in total. The van der Waals surface area contributed by atoms with Gasteiger partial charge in [0.15, 0.2) is 0 Å². The maximum absolute atomic E-state index is 12.1. The average Bonchev–Trinajstić information content (AvgIpc) is 2.29. The molecule has 0 amide bonds. The highest BCUT2D eigenvalue weighted by Crippen LogP contribution is 2.42. The summed E-state index contributed by atoms with van der Waals surface area (Å²) in [6.45, 7) is 0.520. The van der Waals surface area contributed by atoms with Crippen molar-refractivity contribution in [3.8, 4) is 0 Å². The van der Waals surface area contributed by atoms with Gasteiger partial charge in [0.1, 0.15) is 0 Å². The summed E-state index contributed by atoms with van der Waals surface area (Å²) < 4.78 is 27.9. The van der Waals surface area contributed by atoms with Gasteiger partial charge in [-0.2, -0.15) is 11.8 Å². The predicted molar refractivity (Wildman–Crippen MR) is 79.4 cm³/mol. The van der Waals surface area contributed by atoms with Crippen LogP contribution in [0.15, 0.2) is 33.6 Å². The molecule has 18 heavy (non-hydrogen) atoms. The van der Waals surface area contributed by atoms with E-state index >= 15 is 0 Å². The van der Waals surface area contributed by atoms with Crippen molar-refractivity contribution in [3.63, 3.8) is 0 Å². The van der Waals surface area contributed by atoms with Crippen LogP contribution in [-0.4, -0.2) is 26.0 Å². The molecule has 0 bridgehead atoms. The lowest BCUT2D eigenvalue weighted by molar-refractivity contribution is 0.362. The standard InChI is InChI=1S/C12H16BrNO2S2/c1-17-12(7-2-8-12)9-14-18(15,16)11-5-3-10(13)4-6-11/h3-6,14H,2,7-9H2,1H3. The first-order chi connectivity index (χ1) is 8.47. The highest BCUT2D eigenvalue weighted by molar-refractivity contribution is 9.10. The van der Waals surface area contributed by atoms with Crippen molar-refractivity contribution in [2.24, 2.45) is 0 Å². The van der Waals surface area contributed by atoms with E-state index in [4.69, 9.17) is 0 Å². The van der Waals surface area contributed by atoms with Crippen LogP contribution in [0.1, 0.15) is 19.3 Å². The van der Waals surface area contributed by atoms with E-state index < -0.39 is 10.0 Å². The van der Waals surface area contributed by atoms with E-state index in [-0.39, 0.29) is 4.75 Å². The molecule has 1 aliphatic carbocycles. The molecule has 0 aromatic heterocycles. The van der Waals surface area contributed by atoms with Gasteiger partial charge in [0.2, 0.25) is 10.0 Å². The van der Waals surface area contributed by atoms with Crippen molar-refractivity contribution in [1.82, 2.24) is 4.72 Å². The van der Waals surface area contributed by atoms with Crippen LogP contribution in [0.3, 0.4) is 0 Å². The maximum Gasteiger partial charge on any atom is 0.240 e. The third-order valence-corrected chi connectivity index (χ3v) is 6.77. The lowest BCUT2D eigenvalue weighted by Crippen LogP contribution is -2.45. The van der Waals surface area contributed by atoms with Gasteiger partial charge in [-0.15, -0.1) is 0 Å². The Morgan fingerprint density at radius 2 is 1.94 bits per heavy atom. The third kappa shape index (κ3) is 3.10. The molecule has 2 rings (SSSR count). The smallest absolute Gasteiger partial charge is 0.210 e. The first-order valence-electron chi connectivity index (χ1n) is 5.78. The lowest BCUT2D eigenvalue weighted by Gasteiger charge is -2.40. The molecule has 0 spiro atoms. The number of sulfonamides is 1. The van der Waals surface area contributed by atoms with E-state index in [1.165, 1.54) is 6.42 Å². The van der Waals surface area contributed by atoms with Crippen molar-refractivity contribution < 1.29 is 8.42 Å². The molecule has 0 aliphatic heterocycles. The Balaban J connectivity index is 2.05. The van der Waals surface area contributed by atoms with Gasteiger partial charge in [-0.1, -0.05) is 22.4 Å². The van der Waals surface area contributed by atoms with E-state index in [0.717, 1.165) is 17.3 Å². The number of hydrogen-bond acceptors (Lipinski definition) is 3. The summed E-state index contributed by atoms with van der Waals surface area (Å²) in [5.74, 6) is 0. The first kappa shape index (κ1) is 14.4. The molecular formula is C12H16BrNO2S2. The summed E-state index contributed by atoms with van der Waals surface area (Å²) in [6, 6.07) is 6.70. The van der Waals surface area contributed by atoms with Crippen molar-refractivity contribution in [2.45, 2.75) is 28.9 Å². The van der Waals surface area contributed by atoms with E-state index in [9.17, 15) is 8.42 Å². The molecule has 0 saturated heterocycles. The Hall–Kier alpha value is -0.0400. The van der Waals surface area contributed by atoms with Crippen molar-refractivity contribution in [1.29, 1.82) is 0 Å². The molecule has 6 heteroatoms. The summed E-state index contributed by atoms with van der Waals surface area (Å²) >= 11 is 5.06. The summed E-state index contributed by atoms with van der Waals surface area (Å²) in [7, 11) is -3.38. The van der Waals surface area contributed by atoms with Gasteiger partial charge in [0.25, 0.3) is 0 Å².